The van der Waals surface area contributed by atoms with E-state index in [9.17, 15) is 5.11 Å². The van der Waals surface area contributed by atoms with Crippen LogP contribution in [0, 0.1) is 11.3 Å². The van der Waals surface area contributed by atoms with Gasteiger partial charge in [0.15, 0.2) is 0 Å². The van der Waals surface area contributed by atoms with Crippen molar-refractivity contribution in [2.75, 3.05) is 25.4 Å². The number of aliphatic hydroxyl groups excluding tert-OH is 1. The molecule has 3 heteroatoms. The first kappa shape index (κ1) is 14.7. The van der Waals surface area contributed by atoms with Crippen molar-refractivity contribution in [2.45, 2.75) is 58.0 Å². The van der Waals surface area contributed by atoms with Crippen molar-refractivity contribution < 1.29 is 5.11 Å². The lowest BCUT2D eigenvalue weighted by atomic mass is 9.81. The molecule has 1 aliphatic carbocycles. The molecule has 1 N–H and O–H groups in total. The second kappa shape index (κ2) is 6.62. The highest BCUT2D eigenvalue weighted by molar-refractivity contribution is 7.80. The van der Waals surface area contributed by atoms with Crippen LogP contribution in [-0.2, 0) is 0 Å². The molecule has 18 heavy (non-hydrogen) atoms. The number of nitrogens with zero attached hydrogens (tertiary/aromatic N) is 1. The van der Waals surface area contributed by atoms with Gasteiger partial charge >= 0.3 is 0 Å². The Morgan fingerprint density at radius 1 is 1.28 bits per heavy atom. The molecule has 1 aliphatic heterocycles. The van der Waals surface area contributed by atoms with E-state index < -0.39 is 0 Å². The molecule has 2 fully saturated rings. The minimum Gasteiger partial charge on any atom is -0.393 e. The van der Waals surface area contributed by atoms with Crippen molar-refractivity contribution in [1.29, 1.82) is 0 Å². The van der Waals surface area contributed by atoms with Gasteiger partial charge in [-0.3, -0.25) is 0 Å². The monoisotopic (exact) mass is 271 g/mol. The van der Waals surface area contributed by atoms with E-state index in [0.717, 1.165) is 12.3 Å². The Bertz CT molecular complexity index is 249. The maximum absolute atomic E-state index is 9.70. The van der Waals surface area contributed by atoms with Crippen LogP contribution in [-0.4, -0.2) is 41.5 Å². The van der Waals surface area contributed by atoms with Gasteiger partial charge in [0.2, 0.25) is 0 Å². The van der Waals surface area contributed by atoms with Gasteiger partial charge in [-0.2, -0.15) is 12.6 Å². The van der Waals surface area contributed by atoms with Crippen molar-refractivity contribution in [1.82, 2.24) is 4.90 Å². The topological polar surface area (TPSA) is 23.5 Å². The SMILES string of the molecule is CC(O)C1CCN(CC2(CS)CCCCCC2)C1. The summed E-state index contributed by atoms with van der Waals surface area (Å²) in [7, 11) is 0. The number of hydrogen-bond donors (Lipinski definition) is 2. The molecule has 2 nitrogen and oxygen atoms in total. The van der Waals surface area contributed by atoms with E-state index in [1.807, 2.05) is 6.92 Å². The van der Waals surface area contributed by atoms with Crippen LogP contribution in [0.4, 0.5) is 0 Å². The maximum Gasteiger partial charge on any atom is 0.0552 e. The normalized spacial score (nSPS) is 31.2. The van der Waals surface area contributed by atoms with E-state index in [-0.39, 0.29) is 6.10 Å². The summed E-state index contributed by atoms with van der Waals surface area (Å²) in [5.41, 5.74) is 0.452. The molecule has 2 aliphatic rings. The molecular formula is C15H29NOS. The maximum atomic E-state index is 9.70. The fourth-order valence-electron chi connectivity index (χ4n) is 3.72. The Labute approximate surface area is 118 Å². The second-order valence-electron chi connectivity index (χ2n) is 6.60. The van der Waals surface area contributed by atoms with Crippen molar-refractivity contribution in [3.8, 4) is 0 Å². The van der Waals surface area contributed by atoms with Crippen LogP contribution < -0.4 is 0 Å². The minimum absolute atomic E-state index is 0.143. The van der Waals surface area contributed by atoms with E-state index in [0.29, 0.717) is 11.3 Å². The van der Waals surface area contributed by atoms with Crippen molar-refractivity contribution in [3.05, 3.63) is 0 Å². The van der Waals surface area contributed by atoms with Crippen LogP contribution in [0.25, 0.3) is 0 Å². The van der Waals surface area contributed by atoms with E-state index in [1.165, 1.54) is 58.0 Å². The van der Waals surface area contributed by atoms with Gasteiger partial charge in [0.1, 0.15) is 0 Å². The standard InChI is InChI=1S/C15H29NOS/c1-13(17)14-6-9-16(10-14)11-15(12-18)7-4-2-3-5-8-15/h13-14,17-18H,2-12H2,1H3. The highest BCUT2D eigenvalue weighted by Crippen LogP contribution is 2.38. The van der Waals surface area contributed by atoms with Gasteiger partial charge in [-0.05, 0) is 49.8 Å². The fraction of sp³-hybridized carbons (Fsp3) is 1.00. The zero-order valence-corrected chi connectivity index (χ0v) is 12.7. The first-order valence-corrected chi connectivity index (χ1v) is 8.30. The van der Waals surface area contributed by atoms with E-state index in [2.05, 4.69) is 17.5 Å². The van der Waals surface area contributed by atoms with Gasteiger partial charge < -0.3 is 10.0 Å². The molecule has 0 aromatic rings. The first-order chi connectivity index (χ1) is 8.65. The van der Waals surface area contributed by atoms with E-state index in [4.69, 9.17) is 0 Å². The number of hydrogen-bond acceptors (Lipinski definition) is 3. The molecule has 1 saturated carbocycles. The molecule has 2 unspecified atom stereocenters. The molecule has 0 amide bonds. The third kappa shape index (κ3) is 3.64. The van der Waals surface area contributed by atoms with Crippen LogP contribution in [0.3, 0.4) is 0 Å². The third-order valence-corrected chi connectivity index (χ3v) is 5.72. The molecule has 0 bridgehead atoms. The van der Waals surface area contributed by atoms with Crippen molar-refractivity contribution >= 4 is 12.6 Å². The summed E-state index contributed by atoms with van der Waals surface area (Å²) in [5, 5.41) is 9.70. The van der Waals surface area contributed by atoms with Crippen molar-refractivity contribution in [2.24, 2.45) is 11.3 Å². The smallest absolute Gasteiger partial charge is 0.0552 e. The molecule has 0 spiro atoms. The summed E-state index contributed by atoms with van der Waals surface area (Å²) < 4.78 is 0. The number of aliphatic hydroxyl groups is 1. The summed E-state index contributed by atoms with van der Waals surface area (Å²) in [5.74, 6) is 1.52. The second-order valence-corrected chi connectivity index (χ2v) is 6.91. The predicted octanol–water partition coefficient (Wildman–Crippen LogP) is 2.96. The summed E-state index contributed by atoms with van der Waals surface area (Å²) in [6, 6.07) is 0. The lowest BCUT2D eigenvalue weighted by molar-refractivity contribution is 0.117. The van der Waals surface area contributed by atoms with Crippen LogP contribution >= 0.6 is 12.6 Å². The Balaban J connectivity index is 1.90. The molecule has 1 saturated heterocycles. The Morgan fingerprint density at radius 2 is 1.94 bits per heavy atom. The fourth-order valence-corrected chi connectivity index (χ4v) is 4.14. The van der Waals surface area contributed by atoms with Crippen LogP contribution in [0.1, 0.15) is 51.9 Å². The van der Waals surface area contributed by atoms with Gasteiger partial charge in [-0.25, -0.2) is 0 Å². The lowest BCUT2D eigenvalue weighted by Gasteiger charge is -2.35. The molecule has 1 heterocycles. The Morgan fingerprint density at radius 3 is 2.44 bits per heavy atom. The Kier molecular flexibility index (Phi) is 5.40. The molecule has 2 atom stereocenters. The van der Waals surface area contributed by atoms with Gasteiger partial charge in [-0.15, -0.1) is 0 Å². The lowest BCUT2D eigenvalue weighted by Crippen LogP contribution is -2.38. The van der Waals surface area contributed by atoms with Gasteiger partial charge in [-0.1, -0.05) is 25.7 Å². The highest BCUT2D eigenvalue weighted by Gasteiger charge is 2.35. The quantitative estimate of drug-likeness (QED) is 0.606. The average Bonchev–Trinajstić information content (AvgIpc) is 2.69. The summed E-state index contributed by atoms with van der Waals surface area (Å²) in [4.78, 5) is 2.58. The molecule has 2 rings (SSSR count). The van der Waals surface area contributed by atoms with E-state index >= 15 is 0 Å². The molecule has 106 valence electrons. The van der Waals surface area contributed by atoms with Gasteiger partial charge in [0.05, 0.1) is 6.10 Å². The minimum atomic E-state index is -0.143. The van der Waals surface area contributed by atoms with E-state index in [1.54, 1.807) is 0 Å². The van der Waals surface area contributed by atoms with Crippen LogP contribution in [0.2, 0.25) is 0 Å². The molecule has 0 aromatic heterocycles. The zero-order valence-electron chi connectivity index (χ0n) is 11.8. The summed E-state index contributed by atoms with van der Waals surface area (Å²) >= 11 is 4.66. The average molecular weight is 271 g/mol. The predicted molar refractivity (Wildman–Crippen MR) is 80.2 cm³/mol. The summed E-state index contributed by atoms with van der Waals surface area (Å²) in [6.45, 7) is 5.41. The molecular weight excluding hydrogens is 242 g/mol. The highest BCUT2D eigenvalue weighted by atomic mass is 32.1. The number of likely N-dealkylation sites (tertiary alicyclic amines) is 1. The van der Waals surface area contributed by atoms with Gasteiger partial charge in [0, 0.05) is 13.1 Å². The van der Waals surface area contributed by atoms with Crippen LogP contribution in [0.5, 0.6) is 0 Å². The Hall–Kier alpha value is 0.270. The third-order valence-electron chi connectivity index (χ3n) is 5.05. The largest absolute Gasteiger partial charge is 0.393 e. The van der Waals surface area contributed by atoms with Gasteiger partial charge in [0.25, 0.3) is 0 Å². The first-order valence-electron chi connectivity index (χ1n) is 7.66. The molecule has 0 radical (unpaired) electrons. The van der Waals surface area contributed by atoms with Crippen molar-refractivity contribution in [3.63, 3.8) is 0 Å². The molecule has 0 aromatic carbocycles. The zero-order chi connectivity index (χ0) is 13.0. The van der Waals surface area contributed by atoms with Crippen LogP contribution in [0.15, 0.2) is 0 Å². The number of rotatable bonds is 4. The summed E-state index contributed by atoms with van der Waals surface area (Å²) in [6.07, 6.45) is 9.31. The number of thiol groups is 1.